The second kappa shape index (κ2) is 6.97. The van der Waals surface area contributed by atoms with Crippen LogP contribution in [-0.4, -0.2) is 6.61 Å². The Kier molecular flexibility index (Phi) is 4.98. The Balaban J connectivity index is 2.18. The van der Waals surface area contributed by atoms with E-state index in [4.69, 9.17) is 0 Å². The molecule has 0 unspecified atom stereocenters. The van der Waals surface area contributed by atoms with Crippen molar-refractivity contribution >= 4 is 0 Å². The maximum atomic E-state index is 10.6. The molecule has 0 atom stereocenters. The lowest BCUT2D eigenvalue weighted by Crippen LogP contribution is -2.07. The first-order chi connectivity index (χ1) is 8.92. The summed E-state index contributed by atoms with van der Waals surface area (Å²) >= 11 is 0. The van der Waals surface area contributed by atoms with Crippen LogP contribution in [0.4, 0.5) is 0 Å². The zero-order valence-electron chi connectivity index (χ0n) is 10.6. The molecule has 18 heavy (non-hydrogen) atoms. The standard InChI is InChI=1S/C17H19O/c18-14-8-7-13-17(15-9-3-1-4-10-15)16-11-5-2-6-12-16/h1-6,9-12,17H,7-8,13-14H2/q-1. The lowest BCUT2D eigenvalue weighted by Gasteiger charge is -2.18. The van der Waals surface area contributed by atoms with Gasteiger partial charge in [-0.05, 0) is 17.5 Å². The SMILES string of the molecule is [O-]CCCCC(c1ccccc1)c1ccccc1. The van der Waals surface area contributed by atoms with Crippen LogP contribution in [0.15, 0.2) is 60.7 Å². The van der Waals surface area contributed by atoms with Crippen molar-refractivity contribution in [1.29, 1.82) is 0 Å². The van der Waals surface area contributed by atoms with Crippen LogP contribution in [-0.2, 0) is 0 Å². The summed E-state index contributed by atoms with van der Waals surface area (Å²) in [6.45, 7) is 0.0380. The first kappa shape index (κ1) is 12.8. The largest absolute Gasteiger partial charge is 0.854 e. The molecular formula is C17H19O-. The van der Waals surface area contributed by atoms with Gasteiger partial charge in [0.15, 0.2) is 0 Å². The van der Waals surface area contributed by atoms with Crippen LogP contribution in [0.3, 0.4) is 0 Å². The Hall–Kier alpha value is -1.60. The first-order valence-corrected chi connectivity index (χ1v) is 6.60. The monoisotopic (exact) mass is 239 g/mol. The Morgan fingerprint density at radius 3 is 1.67 bits per heavy atom. The second-order valence-corrected chi connectivity index (χ2v) is 4.57. The number of rotatable bonds is 6. The first-order valence-electron chi connectivity index (χ1n) is 6.60. The van der Waals surface area contributed by atoms with Crippen molar-refractivity contribution in [1.82, 2.24) is 0 Å². The average Bonchev–Trinajstić information content (AvgIpc) is 2.46. The van der Waals surface area contributed by atoms with E-state index >= 15 is 0 Å². The van der Waals surface area contributed by atoms with Crippen molar-refractivity contribution in [2.24, 2.45) is 0 Å². The summed E-state index contributed by atoms with van der Waals surface area (Å²) in [4.78, 5) is 0. The van der Waals surface area contributed by atoms with Crippen molar-refractivity contribution in [2.75, 3.05) is 6.61 Å². The number of benzene rings is 2. The summed E-state index contributed by atoms with van der Waals surface area (Å²) < 4.78 is 0. The average molecular weight is 239 g/mol. The summed E-state index contributed by atoms with van der Waals surface area (Å²) in [6.07, 6.45) is 2.82. The minimum atomic E-state index is 0.0380. The molecule has 0 bridgehead atoms. The third kappa shape index (κ3) is 3.44. The lowest BCUT2D eigenvalue weighted by atomic mass is 9.87. The van der Waals surface area contributed by atoms with Crippen LogP contribution >= 0.6 is 0 Å². The van der Waals surface area contributed by atoms with Gasteiger partial charge in [0.05, 0.1) is 0 Å². The third-order valence-corrected chi connectivity index (χ3v) is 3.29. The molecule has 0 radical (unpaired) electrons. The van der Waals surface area contributed by atoms with Crippen molar-refractivity contribution < 1.29 is 5.11 Å². The topological polar surface area (TPSA) is 23.1 Å². The maximum Gasteiger partial charge on any atom is 0.00893 e. The van der Waals surface area contributed by atoms with E-state index in [9.17, 15) is 5.11 Å². The van der Waals surface area contributed by atoms with E-state index in [1.807, 2.05) is 12.1 Å². The highest BCUT2D eigenvalue weighted by molar-refractivity contribution is 5.32. The van der Waals surface area contributed by atoms with Crippen LogP contribution in [0.2, 0.25) is 0 Å². The molecule has 94 valence electrons. The van der Waals surface area contributed by atoms with E-state index < -0.39 is 0 Å². The number of unbranched alkanes of at least 4 members (excludes halogenated alkanes) is 1. The van der Waals surface area contributed by atoms with E-state index in [-0.39, 0.29) is 6.61 Å². The summed E-state index contributed by atoms with van der Waals surface area (Å²) in [5, 5.41) is 10.6. The smallest absolute Gasteiger partial charge is 0.00893 e. The predicted octanol–water partition coefficient (Wildman–Crippen LogP) is 3.35. The summed E-state index contributed by atoms with van der Waals surface area (Å²) in [7, 11) is 0. The van der Waals surface area contributed by atoms with Crippen molar-refractivity contribution in [3.8, 4) is 0 Å². The van der Waals surface area contributed by atoms with Crippen LogP contribution < -0.4 is 5.11 Å². The molecule has 0 spiro atoms. The molecule has 0 aromatic heterocycles. The van der Waals surface area contributed by atoms with E-state index in [0.717, 1.165) is 19.3 Å². The minimum Gasteiger partial charge on any atom is -0.854 e. The highest BCUT2D eigenvalue weighted by atomic mass is 16.2. The summed E-state index contributed by atoms with van der Waals surface area (Å²) in [6, 6.07) is 21.1. The van der Waals surface area contributed by atoms with Crippen molar-refractivity contribution in [2.45, 2.75) is 25.2 Å². The van der Waals surface area contributed by atoms with E-state index in [0.29, 0.717) is 5.92 Å². The van der Waals surface area contributed by atoms with E-state index in [1.165, 1.54) is 11.1 Å². The van der Waals surface area contributed by atoms with Gasteiger partial charge in [0.25, 0.3) is 0 Å². The quantitative estimate of drug-likeness (QED) is 0.709. The van der Waals surface area contributed by atoms with E-state index in [2.05, 4.69) is 48.5 Å². The molecule has 1 heteroatoms. The molecule has 2 aromatic carbocycles. The van der Waals surface area contributed by atoms with Gasteiger partial charge in [-0.1, -0.05) is 73.5 Å². The normalized spacial score (nSPS) is 10.8. The molecule has 0 amide bonds. The zero-order chi connectivity index (χ0) is 12.6. The predicted molar refractivity (Wildman–Crippen MR) is 73.4 cm³/mol. The third-order valence-electron chi connectivity index (χ3n) is 3.29. The maximum absolute atomic E-state index is 10.6. The molecule has 0 aliphatic carbocycles. The molecule has 1 nitrogen and oxygen atoms in total. The van der Waals surface area contributed by atoms with Gasteiger partial charge in [0.2, 0.25) is 0 Å². The van der Waals surface area contributed by atoms with Gasteiger partial charge in [-0.25, -0.2) is 0 Å². The van der Waals surface area contributed by atoms with Crippen molar-refractivity contribution in [3.63, 3.8) is 0 Å². The molecule has 2 aromatic rings. The zero-order valence-corrected chi connectivity index (χ0v) is 10.6. The molecule has 0 saturated carbocycles. The van der Waals surface area contributed by atoms with Gasteiger partial charge < -0.3 is 5.11 Å². The van der Waals surface area contributed by atoms with Gasteiger partial charge in [-0.2, -0.15) is 0 Å². The van der Waals surface area contributed by atoms with Gasteiger partial charge in [0.1, 0.15) is 0 Å². The fraction of sp³-hybridized carbons (Fsp3) is 0.294. The lowest BCUT2D eigenvalue weighted by molar-refractivity contribution is -0.368. The Bertz CT molecular complexity index is 396. The Labute approximate surface area is 109 Å². The minimum absolute atomic E-state index is 0.0380. The van der Waals surface area contributed by atoms with Crippen LogP contribution in [0.25, 0.3) is 0 Å². The second-order valence-electron chi connectivity index (χ2n) is 4.57. The van der Waals surface area contributed by atoms with Gasteiger partial charge >= 0.3 is 0 Å². The summed E-state index contributed by atoms with van der Waals surface area (Å²) in [5.41, 5.74) is 2.68. The highest BCUT2D eigenvalue weighted by Gasteiger charge is 2.12. The molecule has 0 aliphatic rings. The van der Waals surface area contributed by atoms with E-state index in [1.54, 1.807) is 0 Å². The molecule has 0 heterocycles. The number of hydrogen-bond acceptors (Lipinski definition) is 1. The molecule has 0 N–H and O–H groups in total. The highest BCUT2D eigenvalue weighted by Crippen LogP contribution is 2.29. The van der Waals surface area contributed by atoms with Crippen LogP contribution in [0.1, 0.15) is 36.3 Å². The van der Waals surface area contributed by atoms with Gasteiger partial charge in [-0.3, -0.25) is 0 Å². The summed E-state index contributed by atoms with van der Waals surface area (Å²) in [5.74, 6) is 0.416. The van der Waals surface area contributed by atoms with Crippen LogP contribution in [0, 0.1) is 0 Å². The van der Waals surface area contributed by atoms with Gasteiger partial charge in [0, 0.05) is 5.92 Å². The molecular weight excluding hydrogens is 220 g/mol. The fourth-order valence-corrected chi connectivity index (χ4v) is 2.35. The Morgan fingerprint density at radius 2 is 1.22 bits per heavy atom. The molecule has 0 saturated heterocycles. The molecule has 2 rings (SSSR count). The van der Waals surface area contributed by atoms with Gasteiger partial charge in [-0.15, -0.1) is 6.61 Å². The van der Waals surface area contributed by atoms with Crippen molar-refractivity contribution in [3.05, 3.63) is 71.8 Å². The Morgan fingerprint density at radius 1 is 0.722 bits per heavy atom. The molecule has 0 aliphatic heterocycles. The fourth-order valence-electron chi connectivity index (χ4n) is 2.35. The molecule has 0 fully saturated rings. The number of hydrogen-bond donors (Lipinski definition) is 0. The van der Waals surface area contributed by atoms with Crippen LogP contribution in [0.5, 0.6) is 0 Å².